The lowest BCUT2D eigenvalue weighted by Gasteiger charge is -2.43. The van der Waals surface area contributed by atoms with Crippen molar-refractivity contribution in [1.29, 1.82) is 0 Å². The van der Waals surface area contributed by atoms with Gasteiger partial charge in [-0.2, -0.15) is 0 Å². The highest BCUT2D eigenvalue weighted by molar-refractivity contribution is 5.17. The van der Waals surface area contributed by atoms with Crippen LogP contribution in [0.25, 0.3) is 0 Å². The first-order valence-corrected chi connectivity index (χ1v) is 4.89. The molecule has 2 saturated carbocycles. The summed E-state index contributed by atoms with van der Waals surface area (Å²) in [5, 5.41) is 0. The Morgan fingerprint density at radius 2 is 1.75 bits per heavy atom. The molecular weight excluding hydrogens is 148 g/mol. The Morgan fingerprint density at radius 1 is 1.17 bits per heavy atom. The molecule has 2 bridgehead atoms. The summed E-state index contributed by atoms with van der Waals surface area (Å²) in [5.74, 6) is 0.748. The van der Waals surface area contributed by atoms with Gasteiger partial charge in [0.1, 0.15) is 0 Å². The summed E-state index contributed by atoms with van der Waals surface area (Å²) in [4.78, 5) is 0. The van der Waals surface area contributed by atoms with Gasteiger partial charge in [-0.3, -0.25) is 0 Å². The largest absolute Gasteiger partial charge is 0.313 e. The molecule has 2 heteroatoms. The topological polar surface area (TPSA) is 52.0 Å². The van der Waals surface area contributed by atoms with Crippen LogP contribution in [-0.4, -0.2) is 5.66 Å². The molecule has 70 valence electrons. The Morgan fingerprint density at radius 3 is 1.92 bits per heavy atom. The zero-order valence-electron chi connectivity index (χ0n) is 8.35. The van der Waals surface area contributed by atoms with Crippen LogP contribution >= 0.6 is 0 Å². The zero-order chi connectivity index (χ0) is 9.20. The fourth-order valence-electron chi connectivity index (χ4n) is 3.42. The molecule has 0 saturated heterocycles. The van der Waals surface area contributed by atoms with Crippen molar-refractivity contribution in [3.63, 3.8) is 0 Å². The van der Waals surface area contributed by atoms with Gasteiger partial charge in [0.25, 0.3) is 0 Å². The smallest absolute Gasteiger partial charge is 0.0699 e. The normalized spacial score (nSPS) is 48.2. The third kappa shape index (κ3) is 0.647. The highest BCUT2D eigenvalue weighted by atomic mass is 15.0. The van der Waals surface area contributed by atoms with Crippen LogP contribution < -0.4 is 11.5 Å². The van der Waals surface area contributed by atoms with Crippen molar-refractivity contribution in [2.24, 2.45) is 28.2 Å². The van der Waals surface area contributed by atoms with Crippen molar-refractivity contribution in [1.82, 2.24) is 0 Å². The van der Waals surface area contributed by atoms with Crippen molar-refractivity contribution in [2.45, 2.75) is 45.7 Å². The molecule has 0 amide bonds. The average molecular weight is 168 g/mol. The molecule has 0 aromatic rings. The van der Waals surface area contributed by atoms with Crippen molar-refractivity contribution in [3.05, 3.63) is 0 Å². The summed E-state index contributed by atoms with van der Waals surface area (Å²) in [5.41, 5.74) is 12.4. The lowest BCUT2D eigenvalue weighted by molar-refractivity contribution is 0.0825. The first kappa shape index (κ1) is 8.52. The number of nitrogens with two attached hydrogens (primary N) is 2. The van der Waals surface area contributed by atoms with Gasteiger partial charge in [0.2, 0.25) is 0 Å². The zero-order valence-corrected chi connectivity index (χ0v) is 8.35. The Hall–Kier alpha value is -0.0800. The van der Waals surface area contributed by atoms with Crippen LogP contribution in [0.5, 0.6) is 0 Å². The lowest BCUT2D eigenvalue weighted by Crippen LogP contribution is -2.61. The molecule has 12 heavy (non-hydrogen) atoms. The quantitative estimate of drug-likeness (QED) is 0.538. The maximum Gasteiger partial charge on any atom is 0.0699 e. The van der Waals surface area contributed by atoms with E-state index < -0.39 is 5.66 Å². The third-order valence-electron chi connectivity index (χ3n) is 5.05. The maximum atomic E-state index is 6.15. The molecule has 0 radical (unpaired) electrons. The first-order valence-electron chi connectivity index (χ1n) is 4.89. The van der Waals surface area contributed by atoms with Crippen LogP contribution in [-0.2, 0) is 0 Å². The molecule has 2 aliphatic carbocycles. The van der Waals surface area contributed by atoms with E-state index in [9.17, 15) is 0 Å². The monoisotopic (exact) mass is 168 g/mol. The SMILES string of the molecule is CC1(C)C2CCC1(C)C(N)(N)C2. The predicted octanol–water partition coefficient (Wildman–Crippen LogP) is 1.45. The van der Waals surface area contributed by atoms with Crippen LogP contribution in [0.1, 0.15) is 40.0 Å². The Balaban J connectivity index is 2.47. The van der Waals surface area contributed by atoms with E-state index in [2.05, 4.69) is 20.8 Å². The van der Waals surface area contributed by atoms with E-state index in [1.807, 2.05) is 0 Å². The van der Waals surface area contributed by atoms with Crippen LogP contribution in [0.15, 0.2) is 0 Å². The van der Waals surface area contributed by atoms with Gasteiger partial charge in [0.15, 0.2) is 0 Å². The molecule has 0 aromatic heterocycles. The van der Waals surface area contributed by atoms with Gasteiger partial charge in [-0.1, -0.05) is 20.8 Å². The molecule has 0 heterocycles. The molecule has 0 aromatic carbocycles. The molecule has 4 N–H and O–H groups in total. The molecule has 2 aliphatic rings. The van der Waals surface area contributed by atoms with Gasteiger partial charge in [-0.25, -0.2) is 0 Å². The molecule has 0 aliphatic heterocycles. The molecule has 2 fully saturated rings. The Bertz CT molecular complexity index is 220. The van der Waals surface area contributed by atoms with Gasteiger partial charge in [0.05, 0.1) is 5.66 Å². The molecule has 2 atom stereocenters. The Labute approximate surface area is 74.7 Å². The first-order chi connectivity index (χ1) is 5.31. The molecule has 2 rings (SSSR count). The van der Waals surface area contributed by atoms with E-state index in [-0.39, 0.29) is 5.41 Å². The third-order valence-corrected chi connectivity index (χ3v) is 5.05. The van der Waals surface area contributed by atoms with Crippen LogP contribution in [0.3, 0.4) is 0 Å². The van der Waals surface area contributed by atoms with Crippen molar-refractivity contribution >= 4 is 0 Å². The van der Waals surface area contributed by atoms with E-state index in [4.69, 9.17) is 11.5 Å². The van der Waals surface area contributed by atoms with Crippen LogP contribution in [0.2, 0.25) is 0 Å². The minimum absolute atomic E-state index is 0.157. The predicted molar refractivity (Wildman–Crippen MR) is 50.3 cm³/mol. The fourth-order valence-corrected chi connectivity index (χ4v) is 3.42. The second-order valence-electron chi connectivity index (χ2n) is 5.53. The summed E-state index contributed by atoms with van der Waals surface area (Å²) in [6, 6.07) is 0. The van der Waals surface area contributed by atoms with Crippen molar-refractivity contribution < 1.29 is 0 Å². The maximum absolute atomic E-state index is 6.15. The fraction of sp³-hybridized carbons (Fsp3) is 1.00. The van der Waals surface area contributed by atoms with E-state index in [0.29, 0.717) is 5.41 Å². The molecule has 0 spiro atoms. The standard InChI is InChI=1S/C10H20N2/c1-8(2)7-4-5-9(8,3)10(11,12)6-7/h7H,4-6,11-12H2,1-3H3. The van der Waals surface area contributed by atoms with E-state index >= 15 is 0 Å². The van der Waals surface area contributed by atoms with Crippen molar-refractivity contribution in [2.75, 3.05) is 0 Å². The summed E-state index contributed by atoms with van der Waals surface area (Å²) in [6.45, 7) is 6.91. The van der Waals surface area contributed by atoms with Gasteiger partial charge in [0, 0.05) is 5.41 Å². The van der Waals surface area contributed by atoms with Gasteiger partial charge < -0.3 is 11.5 Å². The average Bonchev–Trinajstić information content (AvgIpc) is 2.18. The van der Waals surface area contributed by atoms with E-state index in [0.717, 1.165) is 12.3 Å². The molecule has 2 nitrogen and oxygen atoms in total. The van der Waals surface area contributed by atoms with Crippen LogP contribution in [0, 0.1) is 16.7 Å². The summed E-state index contributed by atoms with van der Waals surface area (Å²) in [7, 11) is 0. The number of rotatable bonds is 0. The molecular formula is C10H20N2. The second-order valence-corrected chi connectivity index (χ2v) is 5.53. The van der Waals surface area contributed by atoms with E-state index in [1.54, 1.807) is 0 Å². The van der Waals surface area contributed by atoms with Crippen LogP contribution in [0.4, 0.5) is 0 Å². The lowest BCUT2D eigenvalue weighted by atomic mass is 9.67. The Kier molecular flexibility index (Phi) is 1.33. The van der Waals surface area contributed by atoms with Gasteiger partial charge in [-0.05, 0) is 30.6 Å². The highest BCUT2D eigenvalue weighted by Crippen LogP contribution is 2.67. The summed E-state index contributed by atoms with van der Waals surface area (Å²) < 4.78 is 0. The summed E-state index contributed by atoms with van der Waals surface area (Å²) in [6.07, 6.45) is 3.54. The second kappa shape index (κ2) is 1.88. The van der Waals surface area contributed by atoms with Gasteiger partial charge in [-0.15, -0.1) is 0 Å². The van der Waals surface area contributed by atoms with Crippen molar-refractivity contribution in [3.8, 4) is 0 Å². The minimum atomic E-state index is -0.417. The minimum Gasteiger partial charge on any atom is -0.313 e. The van der Waals surface area contributed by atoms with E-state index in [1.165, 1.54) is 12.8 Å². The van der Waals surface area contributed by atoms with Gasteiger partial charge >= 0.3 is 0 Å². The number of hydrogen-bond donors (Lipinski definition) is 2. The highest BCUT2D eigenvalue weighted by Gasteiger charge is 2.65. The summed E-state index contributed by atoms with van der Waals surface area (Å²) >= 11 is 0. The number of hydrogen-bond acceptors (Lipinski definition) is 2. The number of fused-ring (bicyclic) bond motifs is 2. The molecule has 2 unspecified atom stereocenters.